The molecule has 0 unspecified atom stereocenters. The third-order valence-corrected chi connectivity index (χ3v) is 11.8. The van der Waals surface area contributed by atoms with Crippen LogP contribution in [0.15, 0.2) is 60.7 Å². The number of ether oxygens (including phenoxy) is 2. The van der Waals surface area contributed by atoms with E-state index in [4.69, 9.17) is 13.9 Å². The second kappa shape index (κ2) is 12.8. The predicted molar refractivity (Wildman–Crippen MR) is 147 cm³/mol. The van der Waals surface area contributed by atoms with Gasteiger partial charge in [0, 0.05) is 6.92 Å². The summed E-state index contributed by atoms with van der Waals surface area (Å²) in [4.78, 5) is 37.3. The first kappa shape index (κ1) is 29.7. The van der Waals surface area contributed by atoms with Crippen LogP contribution in [0.3, 0.4) is 0 Å². The van der Waals surface area contributed by atoms with Gasteiger partial charge in [-0.25, -0.2) is 5.01 Å². The van der Waals surface area contributed by atoms with Gasteiger partial charge in [-0.05, 0) is 29.3 Å². The zero-order valence-electron chi connectivity index (χ0n) is 23.3. The van der Waals surface area contributed by atoms with Gasteiger partial charge in [-0.3, -0.25) is 14.4 Å². The molecule has 8 nitrogen and oxygen atoms in total. The van der Waals surface area contributed by atoms with Gasteiger partial charge in [0.15, 0.2) is 8.32 Å². The SMILES string of the molecule is CC(=O)N1C(=O)C[C@@H]([C@H](OCc2ccccc2)[C@@H](COCc2ccccc2)O[Si](C)(C)C(C)(C)C)N1C=O. The highest BCUT2D eigenvalue weighted by atomic mass is 28.4. The van der Waals surface area contributed by atoms with Gasteiger partial charge in [-0.2, -0.15) is 5.01 Å². The number of hydrogen-bond acceptors (Lipinski definition) is 6. The van der Waals surface area contributed by atoms with E-state index in [1.165, 1.54) is 6.92 Å². The summed E-state index contributed by atoms with van der Waals surface area (Å²) in [5, 5.41) is 1.94. The van der Waals surface area contributed by atoms with E-state index in [9.17, 15) is 14.4 Å². The molecule has 1 heterocycles. The van der Waals surface area contributed by atoms with Crippen molar-refractivity contribution >= 4 is 26.5 Å². The lowest BCUT2D eigenvalue weighted by Crippen LogP contribution is -2.56. The van der Waals surface area contributed by atoms with Crippen LogP contribution in [0.2, 0.25) is 18.1 Å². The Labute approximate surface area is 227 Å². The summed E-state index contributed by atoms with van der Waals surface area (Å²) in [5.74, 6) is -0.965. The molecule has 0 radical (unpaired) electrons. The number of benzene rings is 2. The molecule has 0 aromatic heterocycles. The molecule has 2 aromatic rings. The third kappa shape index (κ3) is 7.38. The number of imide groups is 1. The quantitative estimate of drug-likeness (QED) is 0.287. The molecular weight excluding hydrogens is 500 g/mol. The van der Waals surface area contributed by atoms with E-state index >= 15 is 0 Å². The number of carbonyl (C=O) groups is 3. The number of amides is 3. The standard InChI is InChI=1S/C29H40N2O6Si/c1-22(33)31-27(34)17-25(30(31)21-32)28(36-19-24-15-11-8-12-16-24)26(37-38(5,6)29(2,3)4)20-35-18-23-13-9-7-10-14-23/h7-16,21,25-26,28H,17-20H2,1-6H3/t25-,26+,28-/m0/s1. The molecule has 2 aromatic carbocycles. The molecule has 1 saturated heterocycles. The van der Waals surface area contributed by atoms with Gasteiger partial charge in [-0.15, -0.1) is 0 Å². The van der Waals surface area contributed by atoms with E-state index in [1.54, 1.807) is 0 Å². The third-order valence-electron chi connectivity index (χ3n) is 7.27. The Hall–Kier alpha value is -2.85. The van der Waals surface area contributed by atoms with E-state index in [-0.39, 0.29) is 24.7 Å². The summed E-state index contributed by atoms with van der Waals surface area (Å²) in [6.07, 6.45) is -0.841. The molecule has 3 atom stereocenters. The number of carbonyl (C=O) groups excluding carboxylic acids is 3. The number of hydrogen-bond donors (Lipinski definition) is 0. The van der Waals surface area contributed by atoms with Gasteiger partial charge >= 0.3 is 0 Å². The highest BCUT2D eigenvalue weighted by molar-refractivity contribution is 6.74. The fraction of sp³-hybridized carbons (Fsp3) is 0.483. The summed E-state index contributed by atoms with van der Waals surface area (Å²) >= 11 is 0. The minimum atomic E-state index is -2.34. The van der Waals surface area contributed by atoms with Gasteiger partial charge in [0.2, 0.25) is 12.3 Å². The molecule has 0 aliphatic carbocycles. The monoisotopic (exact) mass is 540 g/mol. The van der Waals surface area contributed by atoms with Crippen molar-refractivity contribution in [3.8, 4) is 0 Å². The summed E-state index contributed by atoms with van der Waals surface area (Å²) in [6.45, 7) is 12.8. The number of hydrazine groups is 1. The van der Waals surface area contributed by atoms with Crippen molar-refractivity contribution in [2.45, 2.75) is 83.7 Å². The van der Waals surface area contributed by atoms with Gasteiger partial charge in [0.25, 0.3) is 5.91 Å². The molecular formula is C29H40N2O6Si. The van der Waals surface area contributed by atoms with Crippen LogP contribution >= 0.6 is 0 Å². The molecule has 0 spiro atoms. The zero-order valence-corrected chi connectivity index (χ0v) is 24.3. The Balaban J connectivity index is 1.95. The van der Waals surface area contributed by atoms with Gasteiger partial charge < -0.3 is 13.9 Å². The molecule has 3 rings (SSSR count). The molecule has 3 amide bonds. The van der Waals surface area contributed by atoms with Crippen LogP contribution in [-0.4, -0.2) is 61.4 Å². The van der Waals surface area contributed by atoms with Gasteiger partial charge in [0.05, 0.1) is 38.4 Å². The van der Waals surface area contributed by atoms with Gasteiger partial charge in [0.1, 0.15) is 6.10 Å². The molecule has 0 saturated carbocycles. The molecule has 0 bridgehead atoms. The second-order valence-electron chi connectivity index (χ2n) is 11.2. The van der Waals surface area contributed by atoms with Crippen molar-refractivity contribution in [3.63, 3.8) is 0 Å². The minimum absolute atomic E-state index is 0.0478. The minimum Gasteiger partial charge on any atom is -0.409 e. The first-order valence-corrected chi connectivity index (χ1v) is 15.9. The maximum absolute atomic E-state index is 12.8. The van der Waals surface area contributed by atoms with Crippen LogP contribution in [0.1, 0.15) is 45.2 Å². The van der Waals surface area contributed by atoms with E-state index in [1.807, 2.05) is 60.7 Å². The molecule has 38 heavy (non-hydrogen) atoms. The van der Waals surface area contributed by atoms with Crippen LogP contribution in [-0.2, 0) is 41.5 Å². The molecule has 1 fully saturated rings. The Bertz CT molecular complexity index is 1070. The van der Waals surface area contributed by atoms with Crippen molar-refractivity contribution < 1.29 is 28.3 Å². The zero-order chi connectivity index (χ0) is 27.9. The Morgan fingerprint density at radius 2 is 1.58 bits per heavy atom. The Kier molecular flexibility index (Phi) is 10.0. The number of rotatable bonds is 12. The predicted octanol–water partition coefficient (Wildman–Crippen LogP) is 4.70. The van der Waals surface area contributed by atoms with Crippen molar-refractivity contribution in [2.24, 2.45) is 0 Å². The van der Waals surface area contributed by atoms with Gasteiger partial charge in [-0.1, -0.05) is 81.4 Å². The van der Waals surface area contributed by atoms with Crippen LogP contribution < -0.4 is 0 Å². The fourth-order valence-electron chi connectivity index (χ4n) is 4.22. The average Bonchev–Trinajstić information content (AvgIpc) is 3.20. The summed E-state index contributed by atoms with van der Waals surface area (Å²) < 4.78 is 19.5. The largest absolute Gasteiger partial charge is 0.409 e. The fourth-order valence-corrected chi connectivity index (χ4v) is 5.53. The average molecular weight is 541 g/mol. The van der Waals surface area contributed by atoms with E-state index in [2.05, 4.69) is 33.9 Å². The smallest absolute Gasteiger partial charge is 0.250 e. The lowest BCUT2D eigenvalue weighted by Gasteiger charge is -2.43. The maximum atomic E-state index is 12.8. The van der Waals surface area contributed by atoms with E-state index in [0.717, 1.165) is 21.1 Å². The Morgan fingerprint density at radius 3 is 2.08 bits per heavy atom. The molecule has 1 aliphatic heterocycles. The summed E-state index contributed by atoms with van der Waals surface area (Å²) in [5.41, 5.74) is 1.97. The topological polar surface area (TPSA) is 85.4 Å². The second-order valence-corrected chi connectivity index (χ2v) is 15.9. The summed E-state index contributed by atoms with van der Waals surface area (Å²) in [6, 6.07) is 18.8. The lowest BCUT2D eigenvalue weighted by molar-refractivity contribution is -0.167. The van der Waals surface area contributed by atoms with Crippen LogP contribution in [0.5, 0.6) is 0 Å². The Morgan fingerprint density at radius 1 is 1.03 bits per heavy atom. The normalized spacial score (nSPS) is 17.9. The van der Waals surface area contributed by atoms with Crippen molar-refractivity contribution in [1.82, 2.24) is 10.0 Å². The van der Waals surface area contributed by atoms with E-state index in [0.29, 0.717) is 13.0 Å². The van der Waals surface area contributed by atoms with Crippen molar-refractivity contribution in [1.29, 1.82) is 0 Å². The van der Waals surface area contributed by atoms with E-state index < -0.39 is 38.4 Å². The highest BCUT2D eigenvalue weighted by Crippen LogP contribution is 2.39. The maximum Gasteiger partial charge on any atom is 0.250 e. The van der Waals surface area contributed by atoms with Crippen LogP contribution in [0.4, 0.5) is 0 Å². The first-order chi connectivity index (χ1) is 17.9. The molecule has 1 aliphatic rings. The molecule has 206 valence electrons. The van der Waals surface area contributed by atoms with Crippen molar-refractivity contribution in [2.75, 3.05) is 6.61 Å². The summed E-state index contributed by atoms with van der Waals surface area (Å²) in [7, 11) is -2.34. The lowest BCUT2D eigenvalue weighted by atomic mass is 10.0. The van der Waals surface area contributed by atoms with Crippen LogP contribution in [0, 0.1) is 0 Å². The van der Waals surface area contributed by atoms with Crippen LogP contribution in [0.25, 0.3) is 0 Å². The molecule has 9 heteroatoms. The first-order valence-electron chi connectivity index (χ1n) is 13.0. The van der Waals surface area contributed by atoms with Crippen molar-refractivity contribution in [3.05, 3.63) is 71.8 Å². The highest BCUT2D eigenvalue weighted by Gasteiger charge is 2.49. The molecule has 0 N–H and O–H groups in total. The number of nitrogens with zero attached hydrogens (tertiary/aromatic N) is 2.